The second kappa shape index (κ2) is 6.50. The van der Waals surface area contributed by atoms with E-state index in [0.29, 0.717) is 30.1 Å². The SMILES string of the molecule is CNCC1CCCN(C(=O)CN2C(=O)c3ccccc3C2=O)C1. The summed E-state index contributed by atoms with van der Waals surface area (Å²) in [5.41, 5.74) is 0.772. The number of likely N-dealkylation sites (tertiary alicyclic amines) is 1. The third-order valence-electron chi connectivity index (χ3n) is 4.54. The molecule has 6 heteroatoms. The number of imide groups is 1. The maximum absolute atomic E-state index is 12.5. The number of nitrogens with zero attached hydrogens (tertiary/aromatic N) is 2. The van der Waals surface area contributed by atoms with Crippen LogP contribution in [0.25, 0.3) is 0 Å². The lowest BCUT2D eigenvalue weighted by atomic mass is 9.98. The molecule has 1 unspecified atom stereocenters. The van der Waals surface area contributed by atoms with Gasteiger partial charge in [-0.05, 0) is 44.5 Å². The predicted octanol–water partition coefficient (Wildman–Crippen LogP) is 0.741. The molecule has 122 valence electrons. The van der Waals surface area contributed by atoms with E-state index >= 15 is 0 Å². The van der Waals surface area contributed by atoms with Crippen LogP contribution in [-0.4, -0.2) is 60.7 Å². The molecule has 1 aromatic carbocycles. The van der Waals surface area contributed by atoms with Gasteiger partial charge in [-0.2, -0.15) is 0 Å². The molecule has 3 amide bonds. The standard InChI is InChI=1S/C17H21N3O3/c1-18-9-12-5-4-8-19(10-12)15(21)11-20-16(22)13-6-2-3-7-14(13)17(20)23/h2-3,6-7,12,18H,4-5,8-11H2,1H3. The molecule has 1 aromatic rings. The van der Waals surface area contributed by atoms with E-state index < -0.39 is 0 Å². The van der Waals surface area contributed by atoms with Crippen molar-refractivity contribution in [2.75, 3.05) is 33.2 Å². The van der Waals surface area contributed by atoms with E-state index in [1.807, 2.05) is 7.05 Å². The van der Waals surface area contributed by atoms with Crippen LogP contribution in [0.1, 0.15) is 33.6 Å². The average molecular weight is 315 g/mol. The van der Waals surface area contributed by atoms with Crippen LogP contribution >= 0.6 is 0 Å². The first kappa shape index (κ1) is 15.7. The molecular weight excluding hydrogens is 294 g/mol. The smallest absolute Gasteiger partial charge is 0.262 e. The largest absolute Gasteiger partial charge is 0.341 e. The highest BCUT2D eigenvalue weighted by atomic mass is 16.2. The molecule has 2 aliphatic rings. The van der Waals surface area contributed by atoms with Crippen LogP contribution in [0.4, 0.5) is 0 Å². The summed E-state index contributed by atoms with van der Waals surface area (Å²) in [4.78, 5) is 40.0. The first-order valence-corrected chi connectivity index (χ1v) is 7.99. The van der Waals surface area contributed by atoms with Crippen molar-refractivity contribution in [3.63, 3.8) is 0 Å². The molecule has 0 aliphatic carbocycles. The lowest BCUT2D eigenvalue weighted by molar-refractivity contribution is -0.133. The second-order valence-electron chi connectivity index (χ2n) is 6.15. The first-order chi connectivity index (χ1) is 11.1. The normalized spacial score (nSPS) is 20.8. The van der Waals surface area contributed by atoms with Crippen LogP contribution in [0.2, 0.25) is 0 Å². The molecule has 1 atom stereocenters. The van der Waals surface area contributed by atoms with E-state index in [9.17, 15) is 14.4 Å². The summed E-state index contributed by atoms with van der Waals surface area (Å²) in [5, 5.41) is 3.14. The number of rotatable bonds is 4. The number of hydrogen-bond donors (Lipinski definition) is 1. The van der Waals surface area contributed by atoms with Crippen molar-refractivity contribution in [2.24, 2.45) is 5.92 Å². The van der Waals surface area contributed by atoms with Gasteiger partial charge in [0.15, 0.2) is 0 Å². The Balaban J connectivity index is 1.67. The van der Waals surface area contributed by atoms with Gasteiger partial charge in [0.2, 0.25) is 5.91 Å². The topological polar surface area (TPSA) is 69.7 Å². The van der Waals surface area contributed by atoms with Crippen LogP contribution in [0, 0.1) is 5.92 Å². The van der Waals surface area contributed by atoms with E-state index in [1.54, 1.807) is 29.2 Å². The number of piperidine rings is 1. The summed E-state index contributed by atoms with van der Waals surface area (Å²) >= 11 is 0. The fourth-order valence-electron chi connectivity index (χ4n) is 3.36. The molecule has 1 fully saturated rings. The minimum absolute atomic E-state index is 0.152. The molecule has 0 spiro atoms. The lowest BCUT2D eigenvalue weighted by Crippen LogP contribution is -2.47. The number of carbonyl (C=O) groups is 3. The van der Waals surface area contributed by atoms with Gasteiger partial charge in [-0.1, -0.05) is 12.1 Å². The van der Waals surface area contributed by atoms with Gasteiger partial charge in [-0.25, -0.2) is 0 Å². The highest BCUT2D eigenvalue weighted by molar-refractivity contribution is 6.22. The Bertz CT molecular complexity index is 607. The van der Waals surface area contributed by atoms with Crippen molar-refractivity contribution < 1.29 is 14.4 Å². The monoisotopic (exact) mass is 315 g/mol. The predicted molar refractivity (Wildman–Crippen MR) is 85.0 cm³/mol. The third-order valence-corrected chi connectivity index (χ3v) is 4.54. The van der Waals surface area contributed by atoms with Crippen molar-refractivity contribution in [1.29, 1.82) is 0 Å². The summed E-state index contributed by atoms with van der Waals surface area (Å²) in [6, 6.07) is 6.71. The van der Waals surface area contributed by atoms with Gasteiger partial charge >= 0.3 is 0 Å². The molecule has 6 nitrogen and oxygen atoms in total. The molecule has 0 bridgehead atoms. The number of benzene rings is 1. The second-order valence-corrected chi connectivity index (χ2v) is 6.15. The first-order valence-electron chi connectivity index (χ1n) is 7.99. The Morgan fingerprint density at radius 2 is 1.87 bits per heavy atom. The molecule has 0 radical (unpaired) electrons. The maximum Gasteiger partial charge on any atom is 0.262 e. The van der Waals surface area contributed by atoms with Gasteiger partial charge < -0.3 is 10.2 Å². The third kappa shape index (κ3) is 2.99. The fraction of sp³-hybridized carbons (Fsp3) is 0.471. The van der Waals surface area contributed by atoms with Gasteiger partial charge in [0, 0.05) is 13.1 Å². The van der Waals surface area contributed by atoms with Crippen molar-refractivity contribution >= 4 is 17.7 Å². The van der Waals surface area contributed by atoms with Crippen LogP contribution in [0.5, 0.6) is 0 Å². The van der Waals surface area contributed by atoms with Crippen molar-refractivity contribution in [2.45, 2.75) is 12.8 Å². The summed E-state index contributed by atoms with van der Waals surface area (Å²) in [6.07, 6.45) is 2.05. The molecule has 2 heterocycles. The molecule has 2 aliphatic heterocycles. The van der Waals surface area contributed by atoms with Gasteiger partial charge in [0.1, 0.15) is 6.54 Å². The molecule has 1 saturated heterocycles. The highest BCUT2D eigenvalue weighted by Gasteiger charge is 2.37. The van der Waals surface area contributed by atoms with Crippen molar-refractivity contribution in [1.82, 2.24) is 15.1 Å². The van der Waals surface area contributed by atoms with Crippen molar-refractivity contribution in [3.8, 4) is 0 Å². The Hall–Kier alpha value is -2.21. The maximum atomic E-state index is 12.5. The summed E-state index contributed by atoms with van der Waals surface area (Å²) in [6.45, 7) is 2.08. The van der Waals surface area contributed by atoms with E-state index in [4.69, 9.17) is 0 Å². The van der Waals surface area contributed by atoms with Gasteiger partial charge in [0.25, 0.3) is 11.8 Å². The number of nitrogens with one attached hydrogen (secondary N) is 1. The summed E-state index contributed by atoms with van der Waals surface area (Å²) in [7, 11) is 1.90. The fourth-order valence-corrected chi connectivity index (χ4v) is 3.36. The Labute approximate surface area is 135 Å². The number of hydrogen-bond acceptors (Lipinski definition) is 4. The molecule has 3 rings (SSSR count). The van der Waals surface area contributed by atoms with Gasteiger partial charge in [-0.15, -0.1) is 0 Å². The molecular formula is C17H21N3O3. The zero-order chi connectivity index (χ0) is 16.4. The Kier molecular flexibility index (Phi) is 4.43. The molecule has 23 heavy (non-hydrogen) atoms. The number of amides is 3. The Morgan fingerprint density at radius 3 is 2.48 bits per heavy atom. The number of fused-ring (bicyclic) bond motifs is 1. The zero-order valence-electron chi connectivity index (χ0n) is 13.2. The average Bonchev–Trinajstić information content (AvgIpc) is 2.81. The summed E-state index contributed by atoms with van der Waals surface area (Å²) in [5.74, 6) is -0.467. The van der Waals surface area contributed by atoms with Crippen LogP contribution in [0.15, 0.2) is 24.3 Å². The van der Waals surface area contributed by atoms with E-state index in [-0.39, 0.29) is 24.3 Å². The van der Waals surface area contributed by atoms with Crippen molar-refractivity contribution in [3.05, 3.63) is 35.4 Å². The molecule has 0 saturated carbocycles. The highest BCUT2D eigenvalue weighted by Crippen LogP contribution is 2.23. The lowest BCUT2D eigenvalue weighted by Gasteiger charge is -2.33. The van der Waals surface area contributed by atoms with Crippen LogP contribution < -0.4 is 5.32 Å². The van der Waals surface area contributed by atoms with E-state index in [1.165, 1.54) is 0 Å². The van der Waals surface area contributed by atoms with Crippen LogP contribution in [0.3, 0.4) is 0 Å². The van der Waals surface area contributed by atoms with E-state index in [0.717, 1.165) is 24.3 Å². The van der Waals surface area contributed by atoms with Gasteiger partial charge in [-0.3, -0.25) is 19.3 Å². The Morgan fingerprint density at radius 1 is 1.22 bits per heavy atom. The van der Waals surface area contributed by atoms with Gasteiger partial charge in [0.05, 0.1) is 11.1 Å². The quantitative estimate of drug-likeness (QED) is 0.832. The van der Waals surface area contributed by atoms with E-state index in [2.05, 4.69) is 5.32 Å². The zero-order valence-corrected chi connectivity index (χ0v) is 13.2. The number of carbonyl (C=O) groups excluding carboxylic acids is 3. The summed E-state index contributed by atoms with van der Waals surface area (Å²) < 4.78 is 0. The van der Waals surface area contributed by atoms with Crippen LogP contribution in [-0.2, 0) is 4.79 Å². The minimum Gasteiger partial charge on any atom is -0.341 e. The molecule has 0 aromatic heterocycles. The minimum atomic E-state index is -0.372. The molecule has 1 N–H and O–H groups in total.